The lowest BCUT2D eigenvalue weighted by atomic mass is 10.0. The Hall–Kier alpha value is -0.880. The second kappa shape index (κ2) is 5.09. The van der Waals surface area contributed by atoms with Crippen molar-refractivity contribution in [1.82, 2.24) is 10.2 Å². The molecule has 1 aliphatic heterocycles. The van der Waals surface area contributed by atoms with Crippen molar-refractivity contribution in [3.8, 4) is 0 Å². The first-order chi connectivity index (χ1) is 10.1. The van der Waals surface area contributed by atoms with E-state index in [1.807, 2.05) is 16.3 Å². The number of hydrogen-bond acceptors (Lipinski definition) is 3. The molecule has 1 aromatic heterocycles. The van der Waals surface area contributed by atoms with Crippen LogP contribution in [0.3, 0.4) is 0 Å². The molecule has 0 spiro atoms. The van der Waals surface area contributed by atoms with Crippen molar-refractivity contribution in [2.75, 3.05) is 0 Å². The van der Waals surface area contributed by atoms with Gasteiger partial charge in [-0.05, 0) is 59.5 Å². The molecule has 0 aromatic carbocycles. The van der Waals surface area contributed by atoms with E-state index in [9.17, 15) is 9.59 Å². The Labute approximate surface area is 136 Å². The van der Waals surface area contributed by atoms with Gasteiger partial charge in [-0.25, -0.2) is 0 Å². The van der Waals surface area contributed by atoms with Crippen LogP contribution in [0.1, 0.15) is 30.6 Å². The Morgan fingerprint density at radius 3 is 2.52 bits per heavy atom. The van der Waals surface area contributed by atoms with Gasteiger partial charge >= 0.3 is 0 Å². The molecule has 2 atom stereocenters. The molecule has 1 aromatic rings. The fourth-order valence-electron chi connectivity index (χ4n) is 3.17. The summed E-state index contributed by atoms with van der Waals surface area (Å²) in [5.74, 6) is 0.903. The number of thiophene rings is 1. The van der Waals surface area contributed by atoms with Crippen molar-refractivity contribution in [1.29, 1.82) is 0 Å². The first-order valence-corrected chi connectivity index (χ1v) is 9.14. The van der Waals surface area contributed by atoms with Crippen molar-refractivity contribution >= 4 is 39.1 Å². The quantitative estimate of drug-likeness (QED) is 0.887. The van der Waals surface area contributed by atoms with Gasteiger partial charge in [0, 0.05) is 14.7 Å². The highest BCUT2D eigenvalue weighted by Crippen LogP contribution is 2.41. The smallest absolute Gasteiger partial charge is 0.246 e. The zero-order valence-corrected chi connectivity index (χ0v) is 14.0. The third kappa shape index (κ3) is 2.63. The number of rotatable bonds is 4. The van der Waals surface area contributed by atoms with Crippen LogP contribution in [0.2, 0.25) is 0 Å². The number of nitrogens with one attached hydrogen (secondary N) is 1. The molecule has 0 radical (unpaired) electrons. The topological polar surface area (TPSA) is 49.4 Å². The maximum Gasteiger partial charge on any atom is 0.246 e. The second-order valence-corrected chi connectivity index (χ2v) is 8.21. The Kier molecular flexibility index (Phi) is 3.34. The predicted molar refractivity (Wildman–Crippen MR) is 83.7 cm³/mol. The lowest BCUT2D eigenvalue weighted by Crippen LogP contribution is -2.64. The largest absolute Gasteiger partial charge is 0.342 e. The van der Waals surface area contributed by atoms with Crippen LogP contribution in [0.15, 0.2) is 15.9 Å². The molecule has 1 N–H and O–H groups in total. The molecule has 1 saturated heterocycles. The van der Waals surface area contributed by atoms with Crippen molar-refractivity contribution in [2.24, 2.45) is 11.8 Å². The van der Waals surface area contributed by atoms with Crippen LogP contribution in [-0.2, 0) is 16.1 Å². The van der Waals surface area contributed by atoms with Gasteiger partial charge in [0.15, 0.2) is 0 Å². The van der Waals surface area contributed by atoms with Crippen LogP contribution in [0.5, 0.6) is 0 Å². The average Bonchev–Trinajstić information content (AvgIpc) is 3.33. The minimum absolute atomic E-state index is 0.0598. The van der Waals surface area contributed by atoms with Crippen molar-refractivity contribution in [3.63, 3.8) is 0 Å². The number of amides is 2. The van der Waals surface area contributed by atoms with E-state index in [2.05, 4.69) is 21.2 Å². The summed E-state index contributed by atoms with van der Waals surface area (Å²) in [4.78, 5) is 28.2. The number of halogens is 1. The predicted octanol–water partition coefficient (Wildman–Crippen LogP) is 2.53. The molecular formula is C15H17BrN2O2S. The van der Waals surface area contributed by atoms with Gasteiger partial charge < -0.3 is 10.2 Å². The van der Waals surface area contributed by atoms with Crippen molar-refractivity contribution < 1.29 is 9.59 Å². The lowest BCUT2D eigenvalue weighted by Gasteiger charge is -2.39. The van der Waals surface area contributed by atoms with Gasteiger partial charge in [0.2, 0.25) is 11.8 Å². The minimum atomic E-state index is -0.282. The average molecular weight is 369 g/mol. The molecule has 2 aliphatic carbocycles. The second-order valence-electron chi connectivity index (χ2n) is 6.30. The molecule has 4 nitrogen and oxygen atoms in total. The molecule has 3 aliphatic rings. The van der Waals surface area contributed by atoms with Gasteiger partial charge in [-0.1, -0.05) is 0 Å². The highest BCUT2D eigenvalue weighted by atomic mass is 79.9. The number of hydrogen-bond donors (Lipinski definition) is 1. The van der Waals surface area contributed by atoms with Crippen LogP contribution in [-0.4, -0.2) is 28.8 Å². The maximum atomic E-state index is 12.8. The van der Waals surface area contributed by atoms with Crippen LogP contribution in [0.25, 0.3) is 0 Å². The molecule has 4 rings (SSSR count). The van der Waals surface area contributed by atoms with E-state index < -0.39 is 0 Å². The summed E-state index contributed by atoms with van der Waals surface area (Å²) in [6.07, 6.45) is 4.24. The zero-order chi connectivity index (χ0) is 14.6. The first-order valence-electron chi connectivity index (χ1n) is 7.47. The van der Waals surface area contributed by atoms with Gasteiger partial charge in [-0.15, -0.1) is 11.3 Å². The summed E-state index contributed by atoms with van der Waals surface area (Å²) in [7, 11) is 0. The van der Waals surface area contributed by atoms with Gasteiger partial charge in [0.25, 0.3) is 0 Å². The molecular weight excluding hydrogens is 352 g/mol. The minimum Gasteiger partial charge on any atom is -0.342 e. The van der Waals surface area contributed by atoms with Crippen LogP contribution in [0, 0.1) is 11.8 Å². The third-order valence-electron chi connectivity index (χ3n) is 4.56. The summed E-state index contributed by atoms with van der Waals surface area (Å²) in [5.41, 5.74) is 0. The normalized spacial score (nSPS) is 29.7. The standard InChI is InChI=1S/C15H17BrN2O2S/c16-10-5-11(21-7-10)6-18-13(9-3-4-9)14(19)17-12(15(18)20)8-1-2-8/h5,7-9,12-13H,1-4,6H2,(H,17,19). The van der Waals surface area contributed by atoms with Crippen molar-refractivity contribution in [2.45, 2.75) is 44.3 Å². The third-order valence-corrected chi connectivity index (χ3v) is 6.24. The van der Waals surface area contributed by atoms with Gasteiger partial charge in [-0.2, -0.15) is 0 Å². The molecule has 6 heteroatoms. The van der Waals surface area contributed by atoms with Crippen molar-refractivity contribution in [3.05, 3.63) is 20.8 Å². The molecule has 2 heterocycles. The van der Waals surface area contributed by atoms with Gasteiger partial charge in [0.05, 0.1) is 6.54 Å². The Bertz CT molecular complexity index is 594. The lowest BCUT2D eigenvalue weighted by molar-refractivity contribution is -0.151. The fourth-order valence-corrected chi connectivity index (χ4v) is 4.62. The van der Waals surface area contributed by atoms with E-state index in [1.54, 1.807) is 11.3 Å². The number of carbonyl (C=O) groups is 2. The monoisotopic (exact) mass is 368 g/mol. The summed E-state index contributed by atoms with van der Waals surface area (Å²) in [6.45, 7) is 0.562. The summed E-state index contributed by atoms with van der Waals surface area (Å²) in [6, 6.07) is 1.50. The van der Waals surface area contributed by atoms with E-state index >= 15 is 0 Å². The zero-order valence-electron chi connectivity index (χ0n) is 11.5. The van der Waals surface area contributed by atoms with Gasteiger partial charge in [-0.3, -0.25) is 9.59 Å². The van der Waals surface area contributed by atoms with E-state index in [-0.39, 0.29) is 23.9 Å². The Morgan fingerprint density at radius 1 is 1.24 bits per heavy atom. The van der Waals surface area contributed by atoms with Crippen LogP contribution >= 0.6 is 27.3 Å². The first kappa shape index (κ1) is 13.8. The molecule has 112 valence electrons. The molecule has 0 bridgehead atoms. The van der Waals surface area contributed by atoms with Crippen LogP contribution < -0.4 is 5.32 Å². The Balaban J connectivity index is 1.60. The SMILES string of the molecule is O=C1NC(C2CC2)C(=O)N(Cc2cc(Br)cs2)C1C1CC1. The molecule has 2 unspecified atom stereocenters. The summed E-state index contributed by atoms with van der Waals surface area (Å²) in [5, 5.41) is 5.01. The molecule has 21 heavy (non-hydrogen) atoms. The summed E-state index contributed by atoms with van der Waals surface area (Å²) >= 11 is 5.09. The molecule has 2 amide bonds. The van der Waals surface area contributed by atoms with Gasteiger partial charge in [0.1, 0.15) is 12.1 Å². The van der Waals surface area contributed by atoms with E-state index in [1.165, 1.54) is 0 Å². The molecule has 2 saturated carbocycles. The molecule has 3 fully saturated rings. The highest BCUT2D eigenvalue weighted by Gasteiger charge is 2.51. The van der Waals surface area contributed by atoms with E-state index in [0.717, 1.165) is 35.0 Å². The number of carbonyl (C=O) groups excluding carboxylic acids is 2. The maximum absolute atomic E-state index is 12.8. The Morgan fingerprint density at radius 2 is 1.95 bits per heavy atom. The highest BCUT2D eigenvalue weighted by molar-refractivity contribution is 9.10. The fraction of sp³-hybridized carbons (Fsp3) is 0.600. The number of nitrogens with zero attached hydrogens (tertiary/aromatic N) is 1. The van der Waals surface area contributed by atoms with E-state index in [4.69, 9.17) is 0 Å². The summed E-state index contributed by atoms with van der Waals surface area (Å²) < 4.78 is 1.04. The number of piperazine rings is 1. The van der Waals surface area contributed by atoms with E-state index in [0.29, 0.717) is 18.4 Å². The van der Waals surface area contributed by atoms with Crippen LogP contribution in [0.4, 0.5) is 0 Å².